The predicted molar refractivity (Wildman–Crippen MR) is 135 cm³/mol. The van der Waals surface area contributed by atoms with Crippen LogP contribution in [0.4, 0.5) is 4.79 Å². The van der Waals surface area contributed by atoms with Crippen molar-refractivity contribution in [1.29, 1.82) is 0 Å². The van der Waals surface area contributed by atoms with E-state index in [4.69, 9.17) is 9.84 Å². The highest BCUT2D eigenvalue weighted by Crippen LogP contribution is 2.44. The van der Waals surface area contributed by atoms with Crippen LogP contribution in [0.5, 0.6) is 0 Å². The number of alkyl carbamates (subject to hydrolysis) is 1. The molecule has 7 heteroatoms. The first-order valence-corrected chi connectivity index (χ1v) is 12.0. The van der Waals surface area contributed by atoms with Crippen molar-refractivity contribution >= 4 is 18.0 Å². The minimum absolute atomic E-state index is 0.0522. The third kappa shape index (κ3) is 6.02. The third-order valence-corrected chi connectivity index (χ3v) is 6.34. The average molecular weight is 481 g/mol. The van der Waals surface area contributed by atoms with Gasteiger partial charge < -0.3 is 20.1 Å². The standard InChI is InChI=1S/C28H36N2O5/c1-27(2,3)24(25(33)30(28(4,5)6)16-15-23(31)32)29-26(34)35-17-22-20-13-9-7-11-18(20)19-12-8-10-14-21(19)22/h7-14,22,24H,15-17H2,1-6H3,(H,29,34)(H,31,32). The third-order valence-electron chi connectivity index (χ3n) is 6.34. The summed E-state index contributed by atoms with van der Waals surface area (Å²) in [4.78, 5) is 39.1. The van der Waals surface area contributed by atoms with Crippen LogP contribution in [0.25, 0.3) is 11.1 Å². The number of carboxylic acid groups (broad SMARTS) is 1. The van der Waals surface area contributed by atoms with Gasteiger partial charge in [0.2, 0.25) is 5.91 Å². The number of carbonyl (C=O) groups is 3. The SMILES string of the molecule is CC(C)(C)C(NC(=O)OCC1c2ccccc2-c2ccccc21)C(=O)N(CCC(=O)O)C(C)(C)C. The van der Waals surface area contributed by atoms with Gasteiger partial charge in [-0.05, 0) is 48.4 Å². The number of nitrogens with zero attached hydrogens (tertiary/aromatic N) is 1. The van der Waals surface area contributed by atoms with Crippen LogP contribution in [0.2, 0.25) is 0 Å². The van der Waals surface area contributed by atoms with Gasteiger partial charge >= 0.3 is 12.1 Å². The first-order chi connectivity index (χ1) is 16.3. The Morgan fingerprint density at radius 1 is 0.943 bits per heavy atom. The maximum absolute atomic E-state index is 13.5. The van der Waals surface area contributed by atoms with E-state index in [1.54, 1.807) is 0 Å². The number of carboxylic acids is 1. The van der Waals surface area contributed by atoms with Crippen molar-refractivity contribution in [3.8, 4) is 11.1 Å². The van der Waals surface area contributed by atoms with Gasteiger partial charge in [0.1, 0.15) is 12.6 Å². The van der Waals surface area contributed by atoms with Crippen LogP contribution in [-0.2, 0) is 14.3 Å². The summed E-state index contributed by atoms with van der Waals surface area (Å²) in [5, 5.41) is 11.9. The summed E-state index contributed by atoms with van der Waals surface area (Å²) in [6.45, 7) is 11.3. The Kier molecular flexibility index (Phi) is 7.58. The Labute approximate surface area is 207 Å². The van der Waals surface area contributed by atoms with E-state index >= 15 is 0 Å². The highest BCUT2D eigenvalue weighted by Gasteiger charge is 2.40. The molecular formula is C28H36N2O5. The Bertz CT molecular complexity index is 1050. The molecule has 3 rings (SSSR count). The fourth-order valence-corrected chi connectivity index (χ4v) is 4.55. The lowest BCUT2D eigenvalue weighted by molar-refractivity contribution is -0.143. The lowest BCUT2D eigenvalue weighted by Crippen LogP contribution is -2.59. The van der Waals surface area contributed by atoms with E-state index in [2.05, 4.69) is 17.4 Å². The number of rotatable bonds is 7. The maximum Gasteiger partial charge on any atom is 0.407 e. The molecular weight excluding hydrogens is 444 g/mol. The number of ether oxygens (including phenoxy) is 1. The Hall–Kier alpha value is -3.35. The van der Waals surface area contributed by atoms with E-state index in [0.717, 1.165) is 22.3 Å². The molecule has 2 N–H and O–H groups in total. The lowest BCUT2D eigenvalue weighted by Gasteiger charge is -2.41. The van der Waals surface area contributed by atoms with E-state index in [-0.39, 0.29) is 31.4 Å². The van der Waals surface area contributed by atoms with Crippen LogP contribution in [0, 0.1) is 5.41 Å². The number of nitrogens with one attached hydrogen (secondary N) is 1. The van der Waals surface area contributed by atoms with Gasteiger partial charge in [-0.2, -0.15) is 0 Å². The molecule has 7 nitrogen and oxygen atoms in total. The Balaban J connectivity index is 1.75. The van der Waals surface area contributed by atoms with Crippen molar-refractivity contribution in [1.82, 2.24) is 10.2 Å². The molecule has 0 radical (unpaired) electrons. The quantitative estimate of drug-likeness (QED) is 0.579. The number of aliphatic carboxylic acids is 1. The molecule has 2 amide bonds. The number of fused-ring (bicyclic) bond motifs is 3. The first kappa shape index (κ1) is 26.3. The van der Waals surface area contributed by atoms with E-state index in [9.17, 15) is 14.4 Å². The topological polar surface area (TPSA) is 95.9 Å². The summed E-state index contributed by atoms with van der Waals surface area (Å²) in [6.07, 6.45) is -0.850. The lowest BCUT2D eigenvalue weighted by atomic mass is 9.85. The summed E-state index contributed by atoms with van der Waals surface area (Å²) < 4.78 is 5.66. The van der Waals surface area contributed by atoms with Crippen molar-refractivity contribution in [2.45, 2.75) is 65.5 Å². The molecule has 0 heterocycles. The van der Waals surface area contributed by atoms with E-state index in [1.165, 1.54) is 4.90 Å². The molecule has 0 saturated carbocycles. The van der Waals surface area contributed by atoms with Crippen LogP contribution in [0.15, 0.2) is 48.5 Å². The van der Waals surface area contributed by atoms with Gasteiger partial charge in [0.25, 0.3) is 0 Å². The molecule has 0 fully saturated rings. The fraction of sp³-hybridized carbons (Fsp3) is 0.464. The molecule has 35 heavy (non-hydrogen) atoms. The van der Waals surface area contributed by atoms with Gasteiger partial charge in [-0.25, -0.2) is 4.79 Å². The van der Waals surface area contributed by atoms with Gasteiger partial charge in [-0.1, -0.05) is 69.3 Å². The summed E-state index contributed by atoms with van der Waals surface area (Å²) in [6, 6.07) is 15.3. The van der Waals surface area contributed by atoms with Gasteiger partial charge in [-0.15, -0.1) is 0 Å². The number of carbonyl (C=O) groups excluding carboxylic acids is 2. The zero-order chi connectivity index (χ0) is 26.0. The monoisotopic (exact) mass is 480 g/mol. The molecule has 1 aliphatic carbocycles. The second-order valence-electron chi connectivity index (χ2n) is 11.1. The number of amides is 2. The van der Waals surface area contributed by atoms with Crippen LogP contribution >= 0.6 is 0 Å². The Morgan fingerprint density at radius 3 is 1.91 bits per heavy atom. The van der Waals surface area contributed by atoms with Crippen molar-refractivity contribution < 1.29 is 24.2 Å². The van der Waals surface area contributed by atoms with Gasteiger partial charge in [0.15, 0.2) is 0 Å². The smallest absolute Gasteiger partial charge is 0.407 e. The molecule has 2 aromatic carbocycles. The Morgan fingerprint density at radius 2 is 1.46 bits per heavy atom. The van der Waals surface area contributed by atoms with Crippen molar-refractivity contribution in [2.75, 3.05) is 13.2 Å². The van der Waals surface area contributed by atoms with Crippen molar-refractivity contribution in [2.24, 2.45) is 5.41 Å². The van der Waals surface area contributed by atoms with Crippen LogP contribution in [0.1, 0.15) is 65.0 Å². The molecule has 188 valence electrons. The van der Waals surface area contributed by atoms with Crippen molar-refractivity contribution in [3.63, 3.8) is 0 Å². The average Bonchev–Trinajstić information content (AvgIpc) is 3.08. The number of hydrogen-bond acceptors (Lipinski definition) is 4. The van der Waals surface area contributed by atoms with Crippen LogP contribution in [-0.4, -0.2) is 52.7 Å². The minimum Gasteiger partial charge on any atom is -0.481 e. The van der Waals surface area contributed by atoms with Crippen molar-refractivity contribution in [3.05, 3.63) is 59.7 Å². The fourth-order valence-electron chi connectivity index (χ4n) is 4.55. The summed E-state index contributed by atoms with van der Waals surface area (Å²) in [5.41, 5.74) is 3.27. The molecule has 0 saturated heterocycles. The van der Waals surface area contributed by atoms with Gasteiger partial charge in [0, 0.05) is 18.0 Å². The molecule has 1 atom stereocenters. The normalized spacial score (nSPS) is 14.0. The van der Waals surface area contributed by atoms with Crippen LogP contribution < -0.4 is 5.32 Å². The highest BCUT2D eigenvalue weighted by molar-refractivity contribution is 5.87. The highest BCUT2D eigenvalue weighted by atomic mass is 16.5. The molecule has 0 spiro atoms. The zero-order valence-electron chi connectivity index (χ0n) is 21.4. The van der Waals surface area contributed by atoms with Gasteiger partial charge in [-0.3, -0.25) is 9.59 Å². The minimum atomic E-state index is -0.983. The summed E-state index contributed by atoms with van der Waals surface area (Å²) in [5.74, 6) is -1.40. The van der Waals surface area contributed by atoms with E-state index in [0.29, 0.717) is 0 Å². The van der Waals surface area contributed by atoms with E-state index < -0.39 is 29.1 Å². The molecule has 0 aromatic heterocycles. The maximum atomic E-state index is 13.5. The number of benzene rings is 2. The number of hydrogen-bond donors (Lipinski definition) is 2. The molecule has 1 unspecified atom stereocenters. The molecule has 0 aliphatic heterocycles. The van der Waals surface area contributed by atoms with Crippen LogP contribution in [0.3, 0.4) is 0 Å². The second kappa shape index (κ2) is 10.1. The molecule has 2 aromatic rings. The summed E-state index contributed by atoms with van der Waals surface area (Å²) in [7, 11) is 0. The molecule has 0 bridgehead atoms. The predicted octanol–water partition coefficient (Wildman–Crippen LogP) is 5.04. The second-order valence-corrected chi connectivity index (χ2v) is 11.1. The van der Waals surface area contributed by atoms with E-state index in [1.807, 2.05) is 77.9 Å². The molecule has 1 aliphatic rings. The van der Waals surface area contributed by atoms with Gasteiger partial charge in [0.05, 0.1) is 6.42 Å². The largest absolute Gasteiger partial charge is 0.481 e. The summed E-state index contributed by atoms with van der Waals surface area (Å²) >= 11 is 0. The zero-order valence-corrected chi connectivity index (χ0v) is 21.4. The first-order valence-electron chi connectivity index (χ1n) is 12.0.